The highest BCUT2D eigenvalue weighted by molar-refractivity contribution is 5.67. The van der Waals surface area contributed by atoms with E-state index in [1.807, 2.05) is 24.3 Å². The summed E-state index contributed by atoms with van der Waals surface area (Å²) in [7, 11) is 0. The van der Waals surface area contributed by atoms with Crippen LogP contribution in [-0.2, 0) is 10.8 Å². The smallest absolute Gasteiger partial charge is 0.0991 e. The maximum atomic E-state index is 8.95. The van der Waals surface area contributed by atoms with Gasteiger partial charge in [0.15, 0.2) is 0 Å². The molecule has 0 N–H and O–H groups in total. The van der Waals surface area contributed by atoms with Crippen molar-refractivity contribution >= 4 is 0 Å². The molecule has 2 aromatic rings. The molecule has 0 spiro atoms. The Morgan fingerprint density at radius 1 is 0.682 bits per heavy atom. The van der Waals surface area contributed by atoms with Crippen LogP contribution in [0.25, 0.3) is 11.1 Å². The fourth-order valence-corrected chi connectivity index (χ4v) is 2.40. The van der Waals surface area contributed by atoms with E-state index in [4.69, 9.17) is 5.26 Å². The van der Waals surface area contributed by atoms with Crippen molar-refractivity contribution in [1.82, 2.24) is 0 Å². The molecule has 0 aliphatic heterocycles. The van der Waals surface area contributed by atoms with E-state index >= 15 is 0 Å². The van der Waals surface area contributed by atoms with Crippen LogP contribution in [0.2, 0.25) is 0 Å². The summed E-state index contributed by atoms with van der Waals surface area (Å²) >= 11 is 0. The molecule has 0 saturated heterocycles. The predicted molar refractivity (Wildman–Crippen MR) is 94.0 cm³/mol. The second kappa shape index (κ2) is 5.61. The second-order valence-electron chi connectivity index (χ2n) is 7.99. The lowest BCUT2D eigenvalue weighted by atomic mass is 9.79. The standard InChI is InChI=1S/C21H25N/c1-20(2,3)18-11-17(12-19(13-18)21(4,5)6)16-9-7-15(14-22)8-10-16/h7-13H,1-6H3. The Labute approximate surface area is 134 Å². The van der Waals surface area contributed by atoms with E-state index in [1.165, 1.54) is 16.7 Å². The average molecular weight is 291 g/mol. The zero-order valence-electron chi connectivity index (χ0n) is 14.5. The van der Waals surface area contributed by atoms with Crippen molar-refractivity contribution in [3.63, 3.8) is 0 Å². The monoisotopic (exact) mass is 291 g/mol. The molecular formula is C21H25N. The first-order valence-corrected chi connectivity index (χ1v) is 7.78. The summed E-state index contributed by atoms with van der Waals surface area (Å²) < 4.78 is 0. The minimum absolute atomic E-state index is 0.114. The first-order valence-electron chi connectivity index (χ1n) is 7.78. The molecule has 0 aliphatic rings. The molecule has 0 atom stereocenters. The van der Waals surface area contributed by atoms with E-state index in [9.17, 15) is 0 Å². The molecule has 0 amide bonds. The summed E-state index contributed by atoms with van der Waals surface area (Å²) in [5, 5.41) is 8.95. The Hall–Kier alpha value is -2.07. The van der Waals surface area contributed by atoms with Gasteiger partial charge in [-0.2, -0.15) is 5.26 Å². The zero-order chi connectivity index (χ0) is 16.5. The number of benzene rings is 2. The molecule has 2 aromatic carbocycles. The van der Waals surface area contributed by atoms with Crippen LogP contribution < -0.4 is 0 Å². The van der Waals surface area contributed by atoms with E-state index < -0.39 is 0 Å². The van der Waals surface area contributed by atoms with Gasteiger partial charge in [-0.1, -0.05) is 71.9 Å². The Kier molecular flexibility index (Phi) is 4.16. The maximum Gasteiger partial charge on any atom is 0.0991 e. The normalized spacial score (nSPS) is 12.0. The third kappa shape index (κ3) is 3.57. The molecule has 0 bridgehead atoms. The highest BCUT2D eigenvalue weighted by Crippen LogP contribution is 2.33. The van der Waals surface area contributed by atoms with Gasteiger partial charge >= 0.3 is 0 Å². The van der Waals surface area contributed by atoms with Crippen LogP contribution in [0.5, 0.6) is 0 Å². The summed E-state index contributed by atoms with van der Waals surface area (Å²) in [5.74, 6) is 0. The van der Waals surface area contributed by atoms with Crippen LogP contribution in [0.1, 0.15) is 58.2 Å². The van der Waals surface area contributed by atoms with Crippen LogP contribution in [0, 0.1) is 11.3 Å². The van der Waals surface area contributed by atoms with Crippen molar-refractivity contribution in [2.45, 2.75) is 52.4 Å². The molecule has 1 heteroatoms. The van der Waals surface area contributed by atoms with Crippen molar-refractivity contribution in [3.05, 3.63) is 59.2 Å². The Morgan fingerprint density at radius 3 is 1.50 bits per heavy atom. The van der Waals surface area contributed by atoms with Gasteiger partial charge in [0, 0.05) is 0 Å². The lowest BCUT2D eigenvalue weighted by Crippen LogP contribution is -2.16. The van der Waals surface area contributed by atoms with Gasteiger partial charge in [0.25, 0.3) is 0 Å². The van der Waals surface area contributed by atoms with Crippen LogP contribution in [0.4, 0.5) is 0 Å². The van der Waals surface area contributed by atoms with Crippen molar-refractivity contribution in [3.8, 4) is 17.2 Å². The van der Waals surface area contributed by atoms with E-state index in [0.29, 0.717) is 5.56 Å². The van der Waals surface area contributed by atoms with Crippen LogP contribution in [0.15, 0.2) is 42.5 Å². The number of nitriles is 1. The van der Waals surface area contributed by atoms with Crippen LogP contribution in [-0.4, -0.2) is 0 Å². The van der Waals surface area contributed by atoms with Gasteiger partial charge in [0.2, 0.25) is 0 Å². The fourth-order valence-electron chi connectivity index (χ4n) is 2.40. The van der Waals surface area contributed by atoms with Gasteiger partial charge in [-0.05, 0) is 45.2 Å². The maximum absolute atomic E-state index is 8.95. The topological polar surface area (TPSA) is 23.8 Å². The third-order valence-corrected chi connectivity index (χ3v) is 4.01. The van der Waals surface area contributed by atoms with Crippen molar-refractivity contribution in [1.29, 1.82) is 5.26 Å². The van der Waals surface area contributed by atoms with Gasteiger partial charge < -0.3 is 0 Å². The number of rotatable bonds is 1. The lowest BCUT2D eigenvalue weighted by Gasteiger charge is -2.26. The fraction of sp³-hybridized carbons (Fsp3) is 0.381. The van der Waals surface area contributed by atoms with Crippen LogP contribution in [0.3, 0.4) is 0 Å². The molecule has 22 heavy (non-hydrogen) atoms. The number of hydrogen-bond acceptors (Lipinski definition) is 1. The average Bonchev–Trinajstić information content (AvgIpc) is 2.45. The summed E-state index contributed by atoms with van der Waals surface area (Å²) in [4.78, 5) is 0. The minimum Gasteiger partial charge on any atom is -0.192 e. The Bertz CT molecular complexity index is 669. The zero-order valence-corrected chi connectivity index (χ0v) is 14.5. The summed E-state index contributed by atoms with van der Waals surface area (Å²) in [6.07, 6.45) is 0. The van der Waals surface area contributed by atoms with Gasteiger partial charge in [-0.3, -0.25) is 0 Å². The van der Waals surface area contributed by atoms with E-state index in [0.717, 1.165) is 5.56 Å². The van der Waals surface area contributed by atoms with Gasteiger partial charge in [-0.15, -0.1) is 0 Å². The molecule has 0 fully saturated rings. The molecule has 0 aliphatic carbocycles. The van der Waals surface area contributed by atoms with E-state index in [2.05, 4.69) is 65.8 Å². The van der Waals surface area contributed by atoms with E-state index in [-0.39, 0.29) is 10.8 Å². The second-order valence-corrected chi connectivity index (χ2v) is 7.99. The number of nitrogens with zero attached hydrogens (tertiary/aromatic N) is 1. The molecule has 1 nitrogen and oxygen atoms in total. The Balaban J connectivity index is 2.62. The van der Waals surface area contributed by atoms with Crippen molar-refractivity contribution in [2.75, 3.05) is 0 Å². The molecule has 2 rings (SSSR count). The Morgan fingerprint density at radius 2 is 1.14 bits per heavy atom. The predicted octanol–water partition coefficient (Wildman–Crippen LogP) is 5.82. The molecular weight excluding hydrogens is 266 g/mol. The molecule has 0 aromatic heterocycles. The molecule has 0 radical (unpaired) electrons. The van der Waals surface area contributed by atoms with Gasteiger partial charge in [0.05, 0.1) is 11.6 Å². The quantitative estimate of drug-likeness (QED) is 0.649. The highest BCUT2D eigenvalue weighted by Gasteiger charge is 2.20. The molecule has 114 valence electrons. The molecule has 0 unspecified atom stereocenters. The number of hydrogen-bond donors (Lipinski definition) is 0. The highest BCUT2D eigenvalue weighted by atomic mass is 14.3. The summed E-state index contributed by atoms with van der Waals surface area (Å²) in [6.45, 7) is 13.5. The molecule has 0 heterocycles. The van der Waals surface area contributed by atoms with Gasteiger partial charge in [0.1, 0.15) is 0 Å². The van der Waals surface area contributed by atoms with E-state index in [1.54, 1.807) is 0 Å². The molecule has 0 saturated carbocycles. The van der Waals surface area contributed by atoms with Crippen molar-refractivity contribution in [2.24, 2.45) is 0 Å². The minimum atomic E-state index is 0.114. The van der Waals surface area contributed by atoms with Gasteiger partial charge in [-0.25, -0.2) is 0 Å². The third-order valence-electron chi connectivity index (χ3n) is 4.01. The van der Waals surface area contributed by atoms with Crippen molar-refractivity contribution < 1.29 is 0 Å². The van der Waals surface area contributed by atoms with Crippen LogP contribution >= 0.6 is 0 Å². The SMILES string of the molecule is CC(C)(C)c1cc(-c2ccc(C#N)cc2)cc(C(C)(C)C)c1. The summed E-state index contributed by atoms with van der Waals surface area (Å²) in [5.41, 5.74) is 6.01. The first-order chi connectivity index (χ1) is 10.1. The summed E-state index contributed by atoms with van der Waals surface area (Å²) in [6, 6.07) is 16.9. The lowest BCUT2D eigenvalue weighted by molar-refractivity contribution is 0.569. The largest absolute Gasteiger partial charge is 0.192 e. The first kappa shape index (κ1) is 16.3.